The summed E-state index contributed by atoms with van der Waals surface area (Å²) in [4.78, 5) is 34.3. The van der Waals surface area contributed by atoms with Crippen LogP contribution in [0.5, 0.6) is 5.75 Å². The normalized spacial score (nSPS) is 10.6. The number of benzene rings is 3. The molecule has 150 valence electrons. The molecule has 0 bridgehead atoms. The molecule has 0 aliphatic heterocycles. The molecular formula is C21H14ClN3O5. The Morgan fingerprint density at radius 2 is 1.67 bits per heavy atom. The van der Waals surface area contributed by atoms with Crippen molar-refractivity contribution in [3.63, 3.8) is 0 Å². The van der Waals surface area contributed by atoms with Gasteiger partial charge in [0.05, 0.1) is 16.7 Å². The third kappa shape index (κ3) is 5.49. The lowest BCUT2D eigenvalue weighted by Crippen LogP contribution is -2.17. The molecule has 0 aliphatic carbocycles. The summed E-state index contributed by atoms with van der Waals surface area (Å²) < 4.78 is 5.32. The summed E-state index contributed by atoms with van der Waals surface area (Å²) in [5.74, 6) is -0.751. The molecule has 3 aromatic rings. The molecule has 0 radical (unpaired) electrons. The predicted octanol–water partition coefficient (Wildman–Crippen LogP) is 4.23. The Bertz CT molecular complexity index is 1110. The van der Waals surface area contributed by atoms with Crippen LogP contribution in [0.1, 0.15) is 26.3 Å². The summed E-state index contributed by atoms with van der Waals surface area (Å²) in [6, 6.07) is 18.0. The van der Waals surface area contributed by atoms with Crippen molar-refractivity contribution in [2.45, 2.75) is 0 Å². The summed E-state index contributed by atoms with van der Waals surface area (Å²) in [5, 5.41) is 15.0. The first-order valence-corrected chi connectivity index (χ1v) is 8.96. The Hall–Kier alpha value is -4.04. The average Bonchev–Trinajstić information content (AvgIpc) is 2.74. The molecule has 3 rings (SSSR count). The fraction of sp³-hybridized carbons (Fsp3) is 0. The van der Waals surface area contributed by atoms with Crippen LogP contribution in [0, 0.1) is 10.1 Å². The minimum atomic E-state index is -0.549. The number of hydrogen-bond acceptors (Lipinski definition) is 6. The van der Waals surface area contributed by atoms with Crippen molar-refractivity contribution in [2.75, 3.05) is 0 Å². The Balaban J connectivity index is 1.61. The van der Waals surface area contributed by atoms with Crippen LogP contribution in [-0.2, 0) is 0 Å². The lowest BCUT2D eigenvalue weighted by molar-refractivity contribution is -0.384. The molecule has 0 aromatic heterocycles. The van der Waals surface area contributed by atoms with Gasteiger partial charge in [0.1, 0.15) is 5.75 Å². The van der Waals surface area contributed by atoms with E-state index in [0.717, 1.165) is 0 Å². The van der Waals surface area contributed by atoms with Gasteiger partial charge in [0.2, 0.25) is 0 Å². The molecule has 0 saturated heterocycles. The van der Waals surface area contributed by atoms with Crippen LogP contribution in [0.4, 0.5) is 5.69 Å². The van der Waals surface area contributed by atoms with Gasteiger partial charge < -0.3 is 4.74 Å². The maximum Gasteiger partial charge on any atom is 0.343 e. The maximum atomic E-state index is 12.2. The Morgan fingerprint density at radius 1 is 1.00 bits per heavy atom. The van der Waals surface area contributed by atoms with E-state index >= 15 is 0 Å². The summed E-state index contributed by atoms with van der Waals surface area (Å²) in [5.41, 5.74) is 3.38. The van der Waals surface area contributed by atoms with Gasteiger partial charge in [0.15, 0.2) is 0 Å². The molecule has 8 nitrogen and oxygen atoms in total. The number of halogens is 1. The predicted molar refractivity (Wildman–Crippen MR) is 111 cm³/mol. The molecule has 3 aromatic carbocycles. The Kier molecular flexibility index (Phi) is 6.51. The topological polar surface area (TPSA) is 111 Å². The number of hydrazone groups is 1. The van der Waals surface area contributed by atoms with Crippen molar-refractivity contribution < 1.29 is 19.2 Å². The first kappa shape index (κ1) is 20.7. The van der Waals surface area contributed by atoms with E-state index in [4.69, 9.17) is 16.3 Å². The first-order chi connectivity index (χ1) is 14.4. The van der Waals surface area contributed by atoms with Crippen LogP contribution in [-0.4, -0.2) is 23.0 Å². The number of nitrogens with zero attached hydrogens (tertiary/aromatic N) is 2. The van der Waals surface area contributed by atoms with Crippen LogP contribution in [0.3, 0.4) is 0 Å². The maximum absolute atomic E-state index is 12.2. The third-order valence-electron chi connectivity index (χ3n) is 3.87. The lowest BCUT2D eigenvalue weighted by Gasteiger charge is -2.05. The number of non-ortho nitro benzene ring substituents is 1. The molecule has 0 spiro atoms. The zero-order chi connectivity index (χ0) is 21.5. The van der Waals surface area contributed by atoms with Gasteiger partial charge in [-0.15, -0.1) is 0 Å². The van der Waals surface area contributed by atoms with E-state index in [1.54, 1.807) is 48.5 Å². The molecule has 0 unspecified atom stereocenters. The van der Waals surface area contributed by atoms with Crippen LogP contribution in [0.15, 0.2) is 77.9 Å². The number of carbonyl (C=O) groups is 2. The standard InChI is InChI=1S/C21H14ClN3O5/c22-17-8-4-16(5-9-17)21(27)30-19-3-1-2-14(12-19)13-23-24-20(26)15-6-10-18(11-7-15)25(28)29/h1-13H,(H,24,26)/b23-13-. The fourth-order valence-corrected chi connectivity index (χ4v) is 2.50. The summed E-state index contributed by atoms with van der Waals surface area (Å²) in [7, 11) is 0. The van der Waals surface area contributed by atoms with Crippen molar-refractivity contribution in [3.05, 3.63) is 105 Å². The number of carbonyl (C=O) groups excluding carboxylic acids is 2. The van der Waals surface area contributed by atoms with E-state index < -0.39 is 16.8 Å². The van der Waals surface area contributed by atoms with Gasteiger partial charge in [-0.2, -0.15) is 5.10 Å². The van der Waals surface area contributed by atoms with Gasteiger partial charge in [-0.3, -0.25) is 14.9 Å². The SMILES string of the molecule is O=C(N/N=C\c1cccc(OC(=O)c2ccc(Cl)cc2)c1)c1ccc([N+](=O)[O-])cc1. The number of nitro groups is 1. The van der Waals surface area contributed by atoms with Gasteiger partial charge in [-0.05, 0) is 54.1 Å². The molecule has 0 atom stereocenters. The van der Waals surface area contributed by atoms with Crippen molar-refractivity contribution in [3.8, 4) is 5.75 Å². The second-order valence-corrected chi connectivity index (χ2v) is 6.41. The average molecular weight is 424 g/mol. The number of nitrogens with one attached hydrogen (secondary N) is 1. The molecule has 0 saturated carbocycles. The molecule has 1 amide bonds. The minimum Gasteiger partial charge on any atom is -0.423 e. The van der Waals surface area contributed by atoms with Crippen LogP contribution >= 0.6 is 11.6 Å². The molecule has 0 aliphatic rings. The third-order valence-corrected chi connectivity index (χ3v) is 4.12. The van der Waals surface area contributed by atoms with E-state index in [2.05, 4.69) is 10.5 Å². The molecule has 0 fully saturated rings. The van der Waals surface area contributed by atoms with E-state index in [1.807, 2.05) is 0 Å². The summed E-state index contributed by atoms with van der Waals surface area (Å²) in [6.07, 6.45) is 1.38. The minimum absolute atomic E-state index is 0.111. The molecular weight excluding hydrogens is 410 g/mol. The monoisotopic (exact) mass is 423 g/mol. The lowest BCUT2D eigenvalue weighted by atomic mass is 10.2. The summed E-state index contributed by atoms with van der Waals surface area (Å²) >= 11 is 5.80. The Morgan fingerprint density at radius 3 is 2.33 bits per heavy atom. The van der Waals surface area contributed by atoms with Crippen molar-refractivity contribution in [1.29, 1.82) is 0 Å². The zero-order valence-electron chi connectivity index (χ0n) is 15.3. The zero-order valence-corrected chi connectivity index (χ0v) is 16.1. The van der Waals surface area contributed by atoms with E-state index in [0.29, 0.717) is 21.9 Å². The number of ether oxygens (including phenoxy) is 1. The van der Waals surface area contributed by atoms with Gasteiger partial charge in [-0.1, -0.05) is 23.7 Å². The highest BCUT2D eigenvalue weighted by atomic mass is 35.5. The number of amides is 1. The van der Waals surface area contributed by atoms with E-state index in [1.165, 1.54) is 30.5 Å². The van der Waals surface area contributed by atoms with Crippen molar-refractivity contribution in [2.24, 2.45) is 5.10 Å². The number of esters is 1. The molecule has 0 heterocycles. The summed E-state index contributed by atoms with van der Waals surface area (Å²) in [6.45, 7) is 0. The van der Waals surface area contributed by atoms with E-state index in [9.17, 15) is 19.7 Å². The van der Waals surface area contributed by atoms with Gasteiger partial charge >= 0.3 is 5.97 Å². The number of nitro benzene ring substituents is 1. The molecule has 30 heavy (non-hydrogen) atoms. The quantitative estimate of drug-likeness (QED) is 0.210. The van der Waals surface area contributed by atoms with Crippen LogP contribution < -0.4 is 10.2 Å². The second-order valence-electron chi connectivity index (χ2n) is 5.97. The smallest absolute Gasteiger partial charge is 0.343 e. The highest BCUT2D eigenvalue weighted by Gasteiger charge is 2.10. The highest BCUT2D eigenvalue weighted by molar-refractivity contribution is 6.30. The second kappa shape index (κ2) is 9.44. The van der Waals surface area contributed by atoms with Crippen LogP contribution in [0.25, 0.3) is 0 Å². The Labute approximate surface area is 175 Å². The van der Waals surface area contributed by atoms with Crippen LogP contribution in [0.2, 0.25) is 5.02 Å². The highest BCUT2D eigenvalue weighted by Crippen LogP contribution is 2.16. The molecule has 1 N–H and O–H groups in total. The van der Waals surface area contributed by atoms with E-state index in [-0.39, 0.29) is 11.3 Å². The van der Waals surface area contributed by atoms with Gasteiger partial charge in [0, 0.05) is 22.7 Å². The number of rotatable bonds is 6. The van der Waals surface area contributed by atoms with Gasteiger partial charge in [-0.25, -0.2) is 10.2 Å². The van der Waals surface area contributed by atoms with Crippen molar-refractivity contribution in [1.82, 2.24) is 5.43 Å². The fourth-order valence-electron chi connectivity index (χ4n) is 2.37. The molecule has 9 heteroatoms. The largest absolute Gasteiger partial charge is 0.423 e. The number of hydrogen-bond donors (Lipinski definition) is 1. The van der Waals surface area contributed by atoms with Crippen molar-refractivity contribution >= 4 is 35.4 Å². The van der Waals surface area contributed by atoms with Gasteiger partial charge in [0.25, 0.3) is 11.6 Å². The first-order valence-electron chi connectivity index (χ1n) is 8.58.